The van der Waals surface area contributed by atoms with Crippen LogP contribution in [0.1, 0.15) is 12.2 Å². The van der Waals surface area contributed by atoms with Crippen LogP contribution in [0.25, 0.3) is 0 Å². The molecule has 0 aliphatic rings. The van der Waals surface area contributed by atoms with Crippen molar-refractivity contribution in [2.75, 3.05) is 23.0 Å². The van der Waals surface area contributed by atoms with E-state index in [9.17, 15) is 13.6 Å². The number of nitrogen functional groups attached to an aromatic ring is 1. The van der Waals surface area contributed by atoms with Crippen LogP contribution in [-0.4, -0.2) is 33.1 Å². The van der Waals surface area contributed by atoms with Gasteiger partial charge in [0.15, 0.2) is 17.4 Å². The number of ether oxygens (including phenoxy) is 1. The molecule has 0 aliphatic carbocycles. The second kappa shape index (κ2) is 10.4. The van der Waals surface area contributed by atoms with Gasteiger partial charge in [0.1, 0.15) is 12.4 Å². The molecule has 3 rings (SSSR count). The number of thioether (sulfide) groups is 1. The van der Waals surface area contributed by atoms with Crippen LogP contribution >= 0.6 is 11.8 Å². The fourth-order valence-electron chi connectivity index (χ4n) is 2.59. The number of nitriles is 1. The molecule has 1 aromatic heterocycles. The zero-order valence-corrected chi connectivity index (χ0v) is 17.1. The number of hydrogen-bond acceptors (Lipinski definition) is 7. The normalized spacial score (nSPS) is 10.5. The number of carbonyl (C=O) groups is 1. The van der Waals surface area contributed by atoms with Crippen molar-refractivity contribution >= 4 is 23.4 Å². The molecule has 0 radical (unpaired) electrons. The highest BCUT2D eigenvalue weighted by Crippen LogP contribution is 2.21. The van der Waals surface area contributed by atoms with Gasteiger partial charge in [-0.2, -0.15) is 5.26 Å². The lowest BCUT2D eigenvalue weighted by atomic mass is 10.2. The van der Waals surface area contributed by atoms with Gasteiger partial charge in [0.25, 0.3) is 0 Å². The molecular weight excluding hydrogens is 426 g/mol. The summed E-state index contributed by atoms with van der Waals surface area (Å²) < 4.78 is 33.4. The highest BCUT2D eigenvalue weighted by molar-refractivity contribution is 7.99. The molecule has 31 heavy (non-hydrogen) atoms. The summed E-state index contributed by atoms with van der Waals surface area (Å²) in [6.07, 6.45) is 0.123. The summed E-state index contributed by atoms with van der Waals surface area (Å²) in [6, 6.07) is 13.4. The summed E-state index contributed by atoms with van der Waals surface area (Å²) in [5.41, 5.74) is 0.482. The second-order valence-corrected chi connectivity index (χ2v) is 7.15. The van der Waals surface area contributed by atoms with Crippen molar-refractivity contribution < 1.29 is 18.3 Å². The average Bonchev–Trinajstić information content (AvgIpc) is 3.12. The number of halogens is 2. The van der Waals surface area contributed by atoms with Crippen LogP contribution in [-0.2, 0) is 11.4 Å². The Hall–Kier alpha value is -3.65. The third-order valence-electron chi connectivity index (χ3n) is 4.14. The standard InChI is InChI=1S/C20H18F2N6O2S/c21-14-6-8-15(9-7-14)27(11-3-10-23)19(29)13-31-20-26-25-18(28(20)24)12-30-17-5-2-1-4-16(17)22/h1-2,4-9H,3,11-13,24H2. The van der Waals surface area contributed by atoms with Crippen LogP contribution in [0, 0.1) is 23.0 Å². The van der Waals surface area contributed by atoms with Gasteiger partial charge >= 0.3 is 0 Å². The predicted molar refractivity (Wildman–Crippen MR) is 111 cm³/mol. The first kappa shape index (κ1) is 22.0. The van der Waals surface area contributed by atoms with Crippen molar-refractivity contribution in [3.8, 4) is 11.8 Å². The molecule has 0 unspecified atom stereocenters. The average molecular weight is 444 g/mol. The van der Waals surface area contributed by atoms with E-state index in [1.165, 1.54) is 41.3 Å². The number of nitrogens with zero attached hydrogens (tertiary/aromatic N) is 5. The Kier molecular flexibility index (Phi) is 7.40. The van der Waals surface area contributed by atoms with E-state index in [1.807, 2.05) is 6.07 Å². The second-order valence-electron chi connectivity index (χ2n) is 6.21. The van der Waals surface area contributed by atoms with Crippen LogP contribution in [0.4, 0.5) is 14.5 Å². The number of anilines is 1. The van der Waals surface area contributed by atoms with E-state index in [2.05, 4.69) is 10.2 Å². The maximum atomic E-state index is 13.6. The third-order valence-corrected chi connectivity index (χ3v) is 5.07. The molecule has 160 valence electrons. The lowest BCUT2D eigenvalue weighted by molar-refractivity contribution is -0.116. The lowest BCUT2D eigenvalue weighted by Gasteiger charge is -2.21. The summed E-state index contributed by atoms with van der Waals surface area (Å²) in [6.45, 7) is 0.0569. The number of amides is 1. The summed E-state index contributed by atoms with van der Waals surface area (Å²) in [4.78, 5) is 14.1. The van der Waals surface area contributed by atoms with Crippen LogP contribution in [0.2, 0.25) is 0 Å². The minimum absolute atomic E-state index is 0.0354. The molecule has 11 heteroatoms. The van der Waals surface area contributed by atoms with E-state index in [0.29, 0.717) is 5.69 Å². The first-order chi connectivity index (χ1) is 15.0. The number of carbonyl (C=O) groups excluding carboxylic acids is 1. The fourth-order valence-corrected chi connectivity index (χ4v) is 3.34. The highest BCUT2D eigenvalue weighted by atomic mass is 32.2. The molecule has 0 atom stereocenters. The Morgan fingerprint density at radius 1 is 1.19 bits per heavy atom. The number of hydrogen-bond donors (Lipinski definition) is 1. The third kappa shape index (κ3) is 5.70. The molecule has 0 saturated carbocycles. The maximum Gasteiger partial charge on any atom is 0.237 e. The van der Waals surface area contributed by atoms with Crippen molar-refractivity contribution in [3.05, 3.63) is 66.0 Å². The molecule has 0 aliphatic heterocycles. The highest BCUT2D eigenvalue weighted by Gasteiger charge is 2.19. The molecule has 0 bridgehead atoms. The van der Waals surface area contributed by atoms with E-state index < -0.39 is 11.6 Å². The van der Waals surface area contributed by atoms with Crippen LogP contribution in [0.15, 0.2) is 53.7 Å². The Morgan fingerprint density at radius 3 is 2.65 bits per heavy atom. The minimum atomic E-state index is -0.510. The topological polar surface area (TPSA) is 110 Å². The fraction of sp³-hybridized carbons (Fsp3) is 0.200. The monoisotopic (exact) mass is 444 g/mol. The van der Waals surface area contributed by atoms with Crippen LogP contribution in [0.3, 0.4) is 0 Å². The number of aromatic nitrogens is 3. The van der Waals surface area contributed by atoms with Crippen molar-refractivity contribution in [2.24, 2.45) is 0 Å². The van der Waals surface area contributed by atoms with E-state index in [0.717, 1.165) is 16.4 Å². The zero-order chi connectivity index (χ0) is 22.2. The van der Waals surface area contributed by atoms with E-state index >= 15 is 0 Å². The summed E-state index contributed by atoms with van der Waals surface area (Å²) in [5.74, 6) is 4.99. The number of rotatable bonds is 9. The molecule has 0 fully saturated rings. The van der Waals surface area contributed by atoms with Gasteiger partial charge in [-0.1, -0.05) is 23.9 Å². The lowest BCUT2D eigenvalue weighted by Crippen LogP contribution is -2.33. The summed E-state index contributed by atoms with van der Waals surface area (Å²) in [7, 11) is 0. The van der Waals surface area contributed by atoms with Gasteiger partial charge in [0, 0.05) is 12.2 Å². The molecule has 1 amide bonds. The van der Waals surface area contributed by atoms with Crippen molar-refractivity contribution in [1.29, 1.82) is 5.26 Å². The van der Waals surface area contributed by atoms with E-state index in [4.69, 9.17) is 15.8 Å². The molecule has 8 nitrogen and oxygen atoms in total. The molecule has 2 N–H and O–H groups in total. The van der Waals surface area contributed by atoms with Crippen LogP contribution < -0.4 is 15.5 Å². The SMILES string of the molecule is N#CCCN(C(=O)CSc1nnc(COc2ccccc2F)n1N)c1ccc(F)cc1. The molecular formula is C20H18F2N6O2S. The summed E-state index contributed by atoms with van der Waals surface area (Å²) in [5, 5.41) is 17.0. The molecule has 0 saturated heterocycles. The Bertz CT molecular complexity index is 1080. The Labute approximate surface area is 181 Å². The predicted octanol–water partition coefficient (Wildman–Crippen LogP) is 2.89. The molecule has 3 aromatic rings. The molecule has 0 spiro atoms. The number of benzene rings is 2. The van der Waals surface area contributed by atoms with E-state index in [-0.39, 0.29) is 48.0 Å². The molecule has 2 aromatic carbocycles. The largest absolute Gasteiger partial charge is 0.482 e. The van der Waals surface area contributed by atoms with Crippen molar-refractivity contribution in [1.82, 2.24) is 14.9 Å². The van der Waals surface area contributed by atoms with Gasteiger partial charge < -0.3 is 15.5 Å². The van der Waals surface area contributed by atoms with Gasteiger partial charge in [-0.3, -0.25) is 4.79 Å². The van der Waals surface area contributed by atoms with Crippen molar-refractivity contribution in [2.45, 2.75) is 18.2 Å². The van der Waals surface area contributed by atoms with Gasteiger partial charge in [0.2, 0.25) is 11.1 Å². The van der Waals surface area contributed by atoms with Gasteiger partial charge in [-0.05, 0) is 36.4 Å². The first-order valence-corrected chi connectivity index (χ1v) is 10.1. The van der Waals surface area contributed by atoms with E-state index in [1.54, 1.807) is 12.1 Å². The van der Waals surface area contributed by atoms with Gasteiger partial charge in [0.05, 0.1) is 18.2 Å². The van der Waals surface area contributed by atoms with Gasteiger partial charge in [-0.15, -0.1) is 10.2 Å². The Balaban J connectivity index is 1.63. The molecule has 1 heterocycles. The zero-order valence-electron chi connectivity index (χ0n) is 16.2. The van der Waals surface area contributed by atoms with Crippen molar-refractivity contribution in [3.63, 3.8) is 0 Å². The number of para-hydroxylation sites is 1. The van der Waals surface area contributed by atoms with Gasteiger partial charge in [-0.25, -0.2) is 13.5 Å². The minimum Gasteiger partial charge on any atom is -0.482 e. The number of nitrogens with two attached hydrogens (primary N) is 1. The smallest absolute Gasteiger partial charge is 0.237 e. The quantitative estimate of drug-likeness (QED) is 0.399. The Morgan fingerprint density at radius 2 is 1.94 bits per heavy atom. The van der Waals surface area contributed by atoms with Crippen LogP contribution in [0.5, 0.6) is 5.75 Å². The summed E-state index contributed by atoms with van der Waals surface area (Å²) >= 11 is 1.05. The first-order valence-electron chi connectivity index (χ1n) is 9.12. The maximum absolute atomic E-state index is 13.6.